The minimum Gasteiger partial charge on any atom is -0.335 e. The summed E-state index contributed by atoms with van der Waals surface area (Å²) in [5, 5.41) is 0. The standard InChI is InChI=1S/C14H21N3O3S2/c1-12-4-5-13(21-12)14(18)15-8-10-17(11-9-15)22(19,20)16-6-2-3-7-16/h4-5H,2-3,6-11H2,1H3. The van der Waals surface area contributed by atoms with E-state index in [-0.39, 0.29) is 5.91 Å². The number of carbonyl (C=O) groups is 1. The van der Waals surface area contributed by atoms with Crippen molar-refractivity contribution < 1.29 is 13.2 Å². The van der Waals surface area contributed by atoms with Crippen molar-refractivity contribution in [2.24, 2.45) is 0 Å². The van der Waals surface area contributed by atoms with Crippen molar-refractivity contribution >= 4 is 27.5 Å². The summed E-state index contributed by atoms with van der Waals surface area (Å²) in [6.45, 7) is 4.91. The zero-order valence-corrected chi connectivity index (χ0v) is 14.3. The summed E-state index contributed by atoms with van der Waals surface area (Å²) in [4.78, 5) is 16.0. The molecule has 0 aliphatic carbocycles. The second-order valence-corrected chi connectivity index (χ2v) is 8.93. The lowest BCUT2D eigenvalue weighted by Gasteiger charge is -2.35. The molecule has 1 aromatic rings. The van der Waals surface area contributed by atoms with Crippen LogP contribution in [0.2, 0.25) is 0 Å². The molecule has 0 saturated carbocycles. The van der Waals surface area contributed by atoms with Crippen molar-refractivity contribution in [3.8, 4) is 0 Å². The van der Waals surface area contributed by atoms with Gasteiger partial charge in [0.05, 0.1) is 4.88 Å². The summed E-state index contributed by atoms with van der Waals surface area (Å²) in [7, 11) is -3.34. The van der Waals surface area contributed by atoms with Crippen LogP contribution in [0.15, 0.2) is 12.1 Å². The Morgan fingerprint density at radius 3 is 2.14 bits per heavy atom. The fourth-order valence-electron chi connectivity index (χ4n) is 2.91. The first-order valence-electron chi connectivity index (χ1n) is 7.59. The number of rotatable bonds is 3. The molecular weight excluding hydrogens is 322 g/mol. The molecule has 0 bridgehead atoms. The summed E-state index contributed by atoms with van der Waals surface area (Å²) in [5.41, 5.74) is 0. The van der Waals surface area contributed by atoms with Crippen molar-refractivity contribution in [2.45, 2.75) is 19.8 Å². The van der Waals surface area contributed by atoms with Gasteiger partial charge in [-0.1, -0.05) is 0 Å². The summed E-state index contributed by atoms with van der Waals surface area (Å²) in [6.07, 6.45) is 1.88. The average Bonchev–Trinajstić information content (AvgIpc) is 3.18. The molecule has 1 amide bonds. The highest BCUT2D eigenvalue weighted by molar-refractivity contribution is 7.86. The Morgan fingerprint density at radius 1 is 1.00 bits per heavy atom. The Hall–Kier alpha value is -0.960. The number of hydrogen-bond donors (Lipinski definition) is 0. The highest BCUT2D eigenvalue weighted by Gasteiger charge is 2.34. The first kappa shape index (κ1) is 15.9. The molecule has 2 fully saturated rings. The highest BCUT2D eigenvalue weighted by atomic mass is 32.2. The zero-order valence-electron chi connectivity index (χ0n) is 12.7. The lowest BCUT2D eigenvalue weighted by molar-refractivity contribution is 0.0699. The van der Waals surface area contributed by atoms with Crippen LogP contribution in [0.4, 0.5) is 0 Å². The largest absolute Gasteiger partial charge is 0.335 e. The summed E-state index contributed by atoms with van der Waals surface area (Å²) >= 11 is 1.48. The van der Waals surface area contributed by atoms with E-state index in [9.17, 15) is 13.2 Å². The molecule has 2 aliphatic rings. The minimum absolute atomic E-state index is 0.0105. The number of hydrogen-bond acceptors (Lipinski definition) is 4. The Kier molecular flexibility index (Phi) is 4.54. The molecule has 3 rings (SSSR count). The third-order valence-electron chi connectivity index (χ3n) is 4.19. The van der Waals surface area contributed by atoms with E-state index >= 15 is 0 Å². The van der Waals surface area contributed by atoms with Gasteiger partial charge >= 0.3 is 0 Å². The van der Waals surface area contributed by atoms with E-state index in [1.54, 1.807) is 9.21 Å². The van der Waals surface area contributed by atoms with Gasteiger partial charge in [0.2, 0.25) is 0 Å². The molecule has 1 aromatic heterocycles. The number of aryl methyl sites for hydroxylation is 1. The molecule has 2 saturated heterocycles. The molecule has 8 heteroatoms. The summed E-state index contributed by atoms with van der Waals surface area (Å²) in [5.74, 6) is 0.0105. The molecule has 0 spiro atoms. The topological polar surface area (TPSA) is 60.9 Å². The molecule has 0 radical (unpaired) electrons. The van der Waals surface area contributed by atoms with E-state index in [4.69, 9.17) is 0 Å². The van der Waals surface area contributed by atoms with Crippen LogP contribution in [0, 0.1) is 6.92 Å². The SMILES string of the molecule is Cc1ccc(C(=O)N2CCN(S(=O)(=O)N3CCCC3)CC2)s1. The quantitative estimate of drug-likeness (QED) is 0.827. The molecule has 2 aliphatic heterocycles. The van der Waals surface area contributed by atoms with Gasteiger partial charge in [0.15, 0.2) is 0 Å². The van der Waals surface area contributed by atoms with E-state index < -0.39 is 10.2 Å². The second-order valence-electron chi connectivity index (χ2n) is 5.72. The molecular formula is C14H21N3O3S2. The van der Waals surface area contributed by atoms with Crippen molar-refractivity contribution in [3.63, 3.8) is 0 Å². The highest BCUT2D eigenvalue weighted by Crippen LogP contribution is 2.21. The van der Waals surface area contributed by atoms with E-state index in [1.165, 1.54) is 15.6 Å². The second kappa shape index (κ2) is 6.27. The van der Waals surface area contributed by atoms with Crippen LogP contribution in [-0.2, 0) is 10.2 Å². The molecule has 22 heavy (non-hydrogen) atoms. The van der Waals surface area contributed by atoms with Gasteiger partial charge in [0, 0.05) is 44.1 Å². The number of nitrogens with zero attached hydrogens (tertiary/aromatic N) is 3. The van der Waals surface area contributed by atoms with Crippen LogP contribution in [0.5, 0.6) is 0 Å². The Balaban J connectivity index is 1.61. The van der Waals surface area contributed by atoms with E-state index in [2.05, 4.69) is 0 Å². The molecule has 3 heterocycles. The van der Waals surface area contributed by atoms with Crippen LogP contribution in [0.3, 0.4) is 0 Å². The van der Waals surface area contributed by atoms with Gasteiger partial charge in [0.1, 0.15) is 0 Å². The van der Waals surface area contributed by atoms with Gasteiger partial charge in [0.25, 0.3) is 16.1 Å². The predicted octanol–water partition coefficient (Wildman–Crippen LogP) is 1.15. The number of amides is 1. The van der Waals surface area contributed by atoms with Crippen LogP contribution in [-0.4, -0.2) is 67.1 Å². The Morgan fingerprint density at radius 2 is 1.59 bits per heavy atom. The molecule has 0 unspecified atom stereocenters. The van der Waals surface area contributed by atoms with Crippen LogP contribution in [0.25, 0.3) is 0 Å². The molecule has 0 aromatic carbocycles. The Bertz CT molecular complexity index is 642. The first-order valence-corrected chi connectivity index (χ1v) is 9.81. The smallest absolute Gasteiger partial charge is 0.282 e. The van der Waals surface area contributed by atoms with E-state index in [0.29, 0.717) is 39.3 Å². The third kappa shape index (κ3) is 3.05. The van der Waals surface area contributed by atoms with Crippen LogP contribution in [0.1, 0.15) is 27.4 Å². The zero-order chi connectivity index (χ0) is 15.7. The van der Waals surface area contributed by atoms with E-state index in [1.807, 2.05) is 19.1 Å². The molecule has 0 N–H and O–H groups in total. The van der Waals surface area contributed by atoms with Crippen molar-refractivity contribution in [1.29, 1.82) is 0 Å². The van der Waals surface area contributed by atoms with Gasteiger partial charge < -0.3 is 4.90 Å². The maximum atomic E-state index is 12.5. The lowest BCUT2D eigenvalue weighted by atomic mass is 10.3. The first-order chi connectivity index (χ1) is 10.5. The van der Waals surface area contributed by atoms with Crippen LogP contribution >= 0.6 is 11.3 Å². The monoisotopic (exact) mass is 343 g/mol. The maximum absolute atomic E-state index is 12.5. The number of thiophene rings is 1. The van der Waals surface area contributed by atoms with Gasteiger partial charge in [-0.15, -0.1) is 11.3 Å². The normalized spacial score (nSPS) is 21.4. The fraction of sp³-hybridized carbons (Fsp3) is 0.643. The third-order valence-corrected chi connectivity index (χ3v) is 7.22. The molecule has 0 atom stereocenters. The average molecular weight is 343 g/mol. The lowest BCUT2D eigenvalue weighted by Crippen LogP contribution is -2.53. The molecule has 6 nitrogen and oxygen atoms in total. The van der Waals surface area contributed by atoms with Crippen LogP contribution < -0.4 is 0 Å². The number of carbonyl (C=O) groups excluding carboxylic acids is 1. The minimum atomic E-state index is -3.34. The van der Waals surface area contributed by atoms with Gasteiger partial charge in [-0.25, -0.2) is 0 Å². The van der Waals surface area contributed by atoms with Gasteiger partial charge in [-0.3, -0.25) is 4.79 Å². The van der Waals surface area contributed by atoms with Crippen molar-refractivity contribution in [1.82, 2.24) is 13.5 Å². The number of piperazine rings is 1. The van der Waals surface area contributed by atoms with E-state index in [0.717, 1.165) is 22.6 Å². The Labute approximate surface area is 135 Å². The summed E-state index contributed by atoms with van der Waals surface area (Å²) in [6, 6.07) is 3.78. The predicted molar refractivity (Wildman–Crippen MR) is 86.3 cm³/mol. The van der Waals surface area contributed by atoms with Crippen molar-refractivity contribution in [2.75, 3.05) is 39.3 Å². The van der Waals surface area contributed by atoms with Gasteiger partial charge in [-0.2, -0.15) is 17.0 Å². The maximum Gasteiger partial charge on any atom is 0.282 e. The fourth-order valence-corrected chi connectivity index (χ4v) is 5.42. The van der Waals surface area contributed by atoms with Gasteiger partial charge in [-0.05, 0) is 31.9 Å². The summed E-state index contributed by atoms with van der Waals surface area (Å²) < 4.78 is 28.1. The molecule has 122 valence electrons. The van der Waals surface area contributed by atoms with Crippen molar-refractivity contribution in [3.05, 3.63) is 21.9 Å².